The van der Waals surface area contributed by atoms with Gasteiger partial charge in [-0.2, -0.15) is 0 Å². The van der Waals surface area contributed by atoms with Crippen LogP contribution in [0.25, 0.3) is 0 Å². The van der Waals surface area contributed by atoms with E-state index >= 15 is 0 Å². The number of nitrogens with one attached hydrogen (secondary N) is 2. The molecule has 7 heteroatoms. The highest BCUT2D eigenvalue weighted by Crippen LogP contribution is 2.27. The van der Waals surface area contributed by atoms with Gasteiger partial charge in [0.1, 0.15) is 0 Å². The van der Waals surface area contributed by atoms with Gasteiger partial charge in [0.05, 0.1) is 14.2 Å². The minimum Gasteiger partial charge on any atom is -0.493 e. The van der Waals surface area contributed by atoms with Crippen LogP contribution in [0.1, 0.15) is 25.3 Å². The molecule has 2 N–H and O–H groups in total. The molecule has 0 aliphatic carbocycles. The zero-order valence-electron chi connectivity index (χ0n) is 16.4. The van der Waals surface area contributed by atoms with E-state index in [0.717, 1.165) is 29.6 Å². The van der Waals surface area contributed by atoms with E-state index in [0.29, 0.717) is 12.5 Å². The Morgan fingerprint density at radius 1 is 1.23 bits per heavy atom. The Morgan fingerprint density at radius 2 is 2.00 bits per heavy atom. The minimum atomic E-state index is 0. The van der Waals surface area contributed by atoms with Crippen LogP contribution in [0.3, 0.4) is 0 Å². The second kappa shape index (κ2) is 12.2. The Morgan fingerprint density at radius 3 is 2.65 bits per heavy atom. The van der Waals surface area contributed by atoms with Gasteiger partial charge >= 0.3 is 0 Å². The average molecular weight is 476 g/mol. The van der Waals surface area contributed by atoms with Gasteiger partial charge < -0.3 is 25.0 Å². The number of hydrogen-bond acceptors (Lipinski definition) is 4. The van der Waals surface area contributed by atoms with Crippen molar-refractivity contribution < 1.29 is 9.47 Å². The Balaban J connectivity index is 0.00000338. The van der Waals surface area contributed by atoms with Crippen molar-refractivity contribution in [2.24, 2.45) is 10.9 Å². The summed E-state index contributed by atoms with van der Waals surface area (Å²) in [6.07, 6.45) is 2.49. The zero-order chi connectivity index (χ0) is 18.1. The highest BCUT2D eigenvalue weighted by molar-refractivity contribution is 14.0. The van der Waals surface area contributed by atoms with Crippen molar-refractivity contribution in [1.82, 2.24) is 15.5 Å². The molecule has 1 aliphatic heterocycles. The maximum absolute atomic E-state index is 5.35. The monoisotopic (exact) mass is 476 g/mol. The van der Waals surface area contributed by atoms with Crippen molar-refractivity contribution in [2.75, 3.05) is 47.4 Å². The van der Waals surface area contributed by atoms with E-state index in [1.165, 1.54) is 32.5 Å². The van der Waals surface area contributed by atoms with Gasteiger partial charge in [-0.1, -0.05) is 13.0 Å². The molecule has 0 saturated carbocycles. The van der Waals surface area contributed by atoms with Crippen LogP contribution < -0.4 is 20.1 Å². The first-order valence-electron chi connectivity index (χ1n) is 9.07. The van der Waals surface area contributed by atoms with Crippen molar-refractivity contribution >= 4 is 29.9 Å². The van der Waals surface area contributed by atoms with Gasteiger partial charge in [0.2, 0.25) is 0 Å². The van der Waals surface area contributed by atoms with Crippen LogP contribution in [0.2, 0.25) is 0 Å². The van der Waals surface area contributed by atoms with Gasteiger partial charge in [0.15, 0.2) is 17.5 Å². The van der Waals surface area contributed by atoms with Gasteiger partial charge in [-0.15, -0.1) is 24.0 Å². The van der Waals surface area contributed by atoms with Crippen LogP contribution in [0, 0.1) is 5.92 Å². The zero-order valence-corrected chi connectivity index (χ0v) is 18.7. The average Bonchev–Trinajstić information content (AvgIpc) is 3.09. The summed E-state index contributed by atoms with van der Waals surface area (Å²) in [5.41, 5.74) is 1.12. The number of ether oxygens (including phenoxy) is 2. The number of aliphatic imine (C=N–C) groups is 1. The fourth-order valence-corrected chi connectivity index (χ4v) is 3.24. The topological polar surface area (TPSA) is 58.1 Å². The number of likely N-dealkylation sites (tertiary alicyclic amines) is 1. The van der Waals surface area contributed by atoms with E-state index in [1.54, 1.807) is 14.2 Å². The molecule has 1 aliphatic rings. The fourth-order valence-electron chi connectivity index (χ4n) is 3.24. The number of methoxy groups -OCH3 is 2. The van der Waals surface area contributed by atoms with E-state index in [1.807, 2.05) is 25.2 Å². The van der Waals surface area contributed by atoms with Crippen molar-refractivity contribution in [3.05, 3.63) is 23.8 Å². The molecule has 1 saturated heterocycles. The number of benzene rings is 1. The molecule has 1 atom stereocenters. The summed E-state index contributed by atoms with van der Waals surface area (Å²) in [4.78, 5) is 6.87. The first-order valence-corrected chi connectivity index (χ1v) is 9.07. The summed E-state index contributed by atoms with van der Waals surface area (Å²) < 4.78 is 10.6. The maximum atomic E-state index is 5.35. The van der Waals surface area contributed by atoms with Crippen LogP contribution in [0.4, 0.5) is 0 Å². The molecule has 0 aromatic heterocycles. The van der Waals surface area contributed by atoms with Crippen molar-refractivity contribution in [2.45, 2.75) is 26.3 Å². The van der Waals surface area contributed by atoms with E-state index in [-0.39, 0.29) is 24.0 Å². The Hall–Kier alpha value is -1.22. The van der Waals surface area contributed by atoms with Gasteiger partial charge in [-0.3, -0.25) is 4.99 Å². The molecular weight excluding hydrogens is 443 g/mol. The molecular formula is C19H33IN4O2. The number of halogens is 1. The lowest BCUT2D eigenvalue weighted by Crippen LogP contribution is -2.40. The second-order valence-corrected chi connectivity index (χ2v) is 6.45. The van der Waals surface area contributed by atoms with Gasteiger partial charge in [0, 0.05) is 26.7 Å². The summed E-state index contributed by atoms with van der Waals surface area (Å²) in [7, 11) is 5.10. The SMILES string of the molecule is CCCN1CCC(CNC(=NC)NCc2ccc(OC)c(OC)c2)C1.I. The standard InChI is InChI=1S/C19H32N4O2.HI/c1-5-9-23-10-8-16(14-23)13-22-19(20-2)21-12-15-6-7-17(24-3)18(11-15)25-4;/h6-7,11,16H,5,8-10,12-14H2,1-4H3,(H2,20,21,22);1H. The molecule has 26 heavy (non-hydrogen) atoms. The number of nitrogens with zero attached hydrogens (tertiary/aromatic N) is 2. The molecule has 0 radical (unpaired) electrons. The highest BCUT2D eigenvalue weighted by Gasteiger charge is 2.21. The van der Waals surface area contributed by atoms with E-state index < -0.39 is 0 Å². The lowest BCUT2D eigenvalue weighted by Gasteiger charge is -2.17. The molecule has 1 heterocycles. The lowest BCUT2D eigenvalue weighted by atomic mass is 10.1. The predicted octanol–water partition coefficient (Wildman–Crippen LogP) is 2.72. The molecule has 0 spiro atoms. The maximum Gasteiger partial charge on any atom is 0.191 e. The molecule has 0 amide bonds. The second-order valence-electron chi connectivity index (χ2n) is 6.45. The summed E-state index contributed by atoms with van der Waals surface area (Å²) in [5, 5.41) is 6.82. The van der Waals surface area contributed by atoms with Crippen LogP contribution in [0.15, 0.2) is 23.2 Å². The van der Waals surface area contributed by atoms with Gasteiger partial charge in [-0.25, -0.2) is 0 Å². The summed E-state index contributed by atoms with van der Waals surface area (Å²) in [6.45, 7) is 7.51. The first-order chi connectivity index (χ1) is 12.2. The van der Waals surface area contributed by atoms with Gasteiger partial charge in [0.25, 0.3) is 0 Å². The third kappa shape index (κ3) is 6.83. The predicted molar refractivity (Wildman–Crippen MR) is 118 cm³/mol. The first kappa shape index (κ1) is 22.8. The quantitative estimate of drug-likeness (QED) is 0.344. The smallest absolute Gasteiger partial charge is 0.191 e. The van der Waals surface area contributed by atoms with E-state index in [2.05, 4.69) is 27.4 Å². The lowest BCUT2D eigenvalue weighted by molar-refractivity contribution is 0.324. The molecule has 148 valence electrons. The highest BCUT2D eigenvalue weighted by atomic mass is 127. The summed E-state index contributed by atoms with van der Waals surface area (Å²) in [5.74, 6) is 3.02. The Labute approximate surface area is 174 Å². The summed E-state index contributed by atoms with van der Waals surface area (Å²) in [6, 6.07) is 5.94. The van der Waals surface area contributed by atoms with Crippen molar-refractivity contribution in [3.8, 4) is 11.5 Å². The van der Waals surface area contributed by atoms with Crippen molar-refractivity contribution in [1.29, 1.82) is 0 Å². The molecule has 1 unspecified atom stereocenters. The normalized spacial score (nSPS) is 17.5. The Bertz CT molecular complexity index is 568. The fraction of sp³-hybridized carbons (Fsp3) is 0.632. The molecule has 6 nitrogen and oxygen atoms in total. The molecule has 1 fully saturated rings. The third-order valence-corrected chi connectivity index (χ3v) is 4.60. The van der Waals surface area contributed by atoms with Gasteiger partial charge in [-0.05, 0) is 49.5 Å². The largest absolute Gasteiger partial charge is 0.493 e. The number of guanidine groups is 1. The third-order valence-electron chi connectivity index (χ3n) is 4.60. The van der Waals surface area contributed by atoms with E-state index in [4.69, 9.17) is 9.47 Å². The van der Waals surface area contributed by atoms with Crippen LogP contribution in [-0.2, 0) is 6.54 Å². The van der Waals surface area contributed by atoms with Crippen molar-refractivity contribution in [3.63, 3.8) is 0 Å². The molecule has 2 rings (SSSR count). The minimum absolute atomic E-state index is 0. The molecule has 1 aromatic rings. The Kier molecular flexibility index (Phi) is 10.7. The van der Waals surface area contributed by atoms with Crippen LogP contribution in [-0.4, -0.2) is 58.3 Å². The van der Waals surface area contributed by atoms with Crippen LogP contribution in [0.5, 0.6) is 11.5 Å². The number of rotatable bonds is 8. The van der Waals surface area contributed by atoms with Crippen LogP contribution >= 0.6 is 24.0 Å². The number of hydrogen-bond donors (Lipinski definition) is 2. The summed E-state index contributed by atoms with van der Waals surface area (Å²) >= 11 is 0. The van der Waals surface area contributed by atoms with E-state index in [9.17, 15) is 0 Å². The molecule has 0 bridgehead atoms. The molecule has 1 aromatic carbocycles.